The quantitative estimate of drug-likeness (QED) is 0.117. The normalized spacial score (nSPS) is 16.5. The number of ether oxygens (including phenoxy) is 1. The molecule has 2 saturated heterocycles. The molecule has 0 unspecified atom stereocenters. The van der Waals surface area contributed by atoms with Crippen LogP contribution in [-0.2, 0) is 21.3 Å². The SMILES string of the molecule is C=CC(C)(C)/C(C)=C/c1ccccc1CN1CCN(c2ccc(C(=O)NS(=O)(=O)c3ccc(NCC4CCOCC4)c([N+](=O)[O-])c3)cc2)CC1. The summed E-state index contributed by atoms with van der Waals surface area (Å²) in [5.74, 6) is -0.506. The first-order chi connectivity index (χ1) is 23.9. The molecule has 0 radical (unpaired) electrons. The third-order valence-corrected chi connectivity index (χ3v) is 11.2. The number of sulfonamides is 1. The number of nitro benzene ring substituents is 1. The fraction of sp³-hybridized carbons (Fsp3) is 0.395. The topological polar surface area (TPSA) is 134 Å². The summed E-state index contributed by atoms with van der Waals surface area (Å²) in [7, 11) is -4.37. The van der Waals surface area contributed by atoms with Crippen molar-refractivity contribution in [1.82, 2.24) is 9.62 Å². The van der Waals surface area contributed by atoms with Crippen molar-refractivity contribution in [2.45, 2.75) is 45.1 Å². The minimum Gasteiger partial charge on any atom is -0.381 e. The zero-order valence-corrected chi connectivity index (χ0v) is 29.9. The number of nitro groups is 1. The summed E-state index contributed by atoms with van der Waals surface area (Å²) in [6.45, 7) is 16.5. The Kier molecular flexibility index (Phi) is 11.8. The first-order valence-electron chi connectivity index (χ1n) is 17.0. The molecule has 2 fully saturated rings. The average Bonchev–Trinajstić information content (AvgIpc) is 3.12. The molecule has 0 aliphatic carbocycles. The lowest BCUT2D eigenvalue weighted by Gasteiger charge is -2.36. The molecule has 0 spiro atoms. The van der Waals surface area contributed by atoms with Gasteiger partial charge in [0.1, 0.15) is 5.69 Å². The average molecular weight is 702 g/mol. The van der Waals surface area contributed by atoms with Crippen molar-refractivity contribution in [2.75, 3.05) is 56.2 Å². The molecular weight excluding hydrogens is 655 g/mol. The number of carbonyl (C=O) groups is 1. The largest absolute Gasteiger partial charge is 0.381 e. The maximum Gasteiger partial charge on any atom is 0.293 e. The lowest BCUT2D eigenvalue weighted by Crippen LogP contribution is -2.46. The number of hydrogen-bond acceptors (Lipinski definition) is 9. The van der Waals surface area contributed by atoms with Crippen molar-refractivity contribution in [3.8, 4) is 0 Å². The van der Waals surface area contributed by atoms with E-state index in [1.807, 2.05) is 18.2 Å². The predicted octanol–water partition coefficient (Wildman–Crippen LogP) is 6.49. The van der Waals surface area contributed by atoms with Crippen LogP contribution in [-0.4, -0.2) is 70.1 Å². The van der Waals surface area contributed by atoms with Gasteiger partial charge >= 0.3 is 0 Å². The number of carbonyl (C=O) groups excluding carboxylic acids is 1. The zero-order chi connectivity index (χ0) is 35.9. The van der Waals surface area contributed by atoms with Gasteiger partial charge in [0.05, 0.1) is 9.82 Å². The van der Waals surface area contributed by atoms with Crippen LogP contribution in [0.4, 0.5) is 17.1 Å². The molecule has 0 saturated carbocycles. The van der Waals surface area contributed by atoms with Gasteiger partial charge in [0.15, 0.2) is 0 Å². The van der Waals surface area contributed by atoms with Gasteiger partial charge in [-0.25, -0.2) is 13.1 Å². The Labute approximate surface area is 295 Å². The molecule has 3 aromatic rings. The van der Waals surface area contributed by atoms with Gasteiger partial charge in [0, 0.05) is 75.2 Å². The molecule has 2 N–H and O–H groups in total. The van der Waals surface area contributed by atoms with E-state index in [-0.39, 0.29) is 27.2 Å². The van der Waals surface area contributed by atoms with E-state index < -0.39 is 20.9 Å². The number of allylic oxidation sites excluding steroid dienone is 2. The molecule has 3 aromatic carbocycles. The van der Waals surface area contributed by atoms with Gasteiger partial charge in [-0.15, -0.1) is 6.58 Å². The van der Waals surface area contributed by atoms with Gasteiger partial charge in [-0.2, -0.15) is 0 Å². The van der Waals surface area contributed by atoms with E-state index in [0.29, 0.717) is 25.7 Å². The second-order valence-corrected chi connectivity index (χ2v) is 15.3. The van der Waals surface area contributed by atoms with E-state index >= 15 is 0 Å². The van der Waals surface area contributed by atoms with E-state index in [1.54, 1.807) is 12.1 Å². The standard InChI is InChI=1S/C38H47N5O6S/c1-5-38(3,4)28(2)24-31-8-6-7-9-32(31)27-41-18-20-42(21-19-41)33-12-10-30(11-13-33)37(44)40-50(47,48)34-14-15-35(36(25-34)43(45)46)39-26-29-16-22-49-23-17-29/h5-15,24-25,29,39H,1,16-23,26-27H2,2-4H3,(H,40,44)/b28-24+. The predicted molar refractivity (Wildman–Crippen MR) is 198 cm³/mol. The van der Waals surface area contributed by atoms with Crippen molar-refractivity contribution in [3.05, 3.63) is 112 Å². The Hall–Kier alpha value is -4.52. The Morgan fingerprint density at radius 3 is 2.38 bits per heavy atom. The lowest BCUT2D eigenvalue weighted by atomic mass is 9.84. The molecule has 0 bridgehead atoms. The van der Waals surface area contributed by atoms with Crippen LogP contribution in [0.2, 0.25) is 0 Å². The van der Waals surface area contributed by atoms with Gasteiger partial charge in [-0.3, -0.25) is 19.8 Å². The Balaban J connectivity index is 1.17. The number of rotatable bonds is 13. The molecule has 0 aromatic heterocycles. The molecular formula is C38H47N5O6S. The number of benzene rings is 3. The van der Waals surface area contributed by atoms with Crippen LogP contribution in [0.5, 0.6) is 0 Å². The van der Waals surface area contributed by atoms with Gasteiger partial charge in [-0.1, -0.05) is 55.8 Å². The summed E-state index contributed by atoms with van der Waals surface area (Å²) in [5, 5.41) is 14.9. The van der Waals surface area contributed by atoms with Crippen molar-refractivity contribution < 1.29 is 22.9 Å². The summed E-state index contributed by atoms with van der Waals surface area (Å²) < 4.78 is 33.6. The lowest BCUT2D eigenvalue weighted by molar-refractivity contribution is -0.384. The second kappa shape index (κ2) is 16.0. The van der Waals surface area contributed by atoms with Crippen LogP contribution in [0.3, 0.4) is 0 Å². The third-order valence-electron chi connectivity index (χ3n) is 9.84. The molecule has 50 heavy (non-hydrogen) atoms. The van der Waals surface area contributed by atoms with Crippen LogP contribution < -0.4 is 14.9 Å². The molecule has 12 heteroatoms. The number of nitrogens with zero attached hydrogens (tertiary/aromatic N) is 3. The first kappa shape index (κ1) is 36.8. The van der Waals surface area contributed by atoms with Crippen molar-refractivity contribution in [1.29, 1.82) is 0 Å². The molecule has 266 valence electrons. The zero-order valence-electron chi connectivity index (χ0n) is 29.1. The maximum absolute atomic E-state index is 13.1. The van der Waals surface area contributed by atoms with Crippen LogP contribution in [0.25, 0.3) is 6.08 Å². The van der Waals surface area contributed by atoms with E-state index in [1.165, 1.54) is 28.8 Å². The molecule has 0 atom stereocenters. The van der Waals surface area contributed by atoms with Crippen LogP contribution in [0.15, 0.2) is 89.9 Å². The molecule has 2 aliphatic rings. The number of piperazine rings is 1. The van der Waals surface area contributed by atoms with Gasteiger partial charge < -0.3 is 15.0 Å². The monoisotopic (exact) mass is 701 g/mol. The summed E-state index contributed by atoms with van der Waals surface area (Å²) in [4.78, 5) is 28.5. The highest BCUT2D eigenvalue weighted by Gasteiger charge is 2.25. The summed E-state index contributed by atoms with van der Waals surface area (Å²) in [5.41, 5.74) is 4.62. The van der Waals surface area contributed by atoms with Gasteiger partial charge in [0.2, 0.25) is 0 Å². The summed E-state index contributed by atoms with van der Waals surface area (Å²) in [6.07, 6.45) is 5.93. The van der Waals surface area contributed by atoms with Crippen LogP contribution in [0, 0.1) is 21.4 Å². The first-order valence-corrected chi connectivity index (χ1v) is 18.5. The van der Waals surface area contributed by atoms with E-state index in [2.05, 4.69) is 77.5 Å². The smallest absolute Gasteiger partial charge is 0.293 e. The molecule has 2 aliphatic heterocycles. The van der Waals surface area contributed by atoms with E-state index in [4.69, 9.17) is 4.74 Å². The highest BCUT2D eigenvalue weighted by molar-refractivity contribution is 7.90. The Bertz CT molecular complexity index is 1830. The minimum atomic E-state index is -4.37. The fourth-order valence-corrected chi connectivity index (χ4v) is 7.05. The van der Waals surface area contributed by atoms with Crippen molar-refractivity contribution >= 4 is 39.1 Å². The Morgan fingerprint density at radius 1 is 1.04 bits per heavy atom. The summed E-state index contributed by atoms with van der Waals surface area (Å²) in [6, 6.07) is 18.9. The third kappa shape index (κ3) is 9.17. The minimum absolute atomic E-state index is 0.0822. The van der Waals surface area contributed by atoms with Gasteiger partial charge in [0.25, 0.3) is 21.6 Å². The highest BCUT2D eigenvalue weighted by Crippen LogP contribution is 2.31. The van der Waals surface area contributed by atoms with E-state index in [0.717, 1.165) is 57.3 Å². The number of hydrogen-bond donors (Lipinski definition) is 2. The molecule has 5 rings (SSSR count). The van der Waals surface area contributed by atoms with Gasteiger partial charge in [-0.05, 0) is 73.2 Å². The van der Waals surface area contributed by atoms with Crippen molar-refractivity contribution in [2.24, 2.45) is 11.3 Å². The maximum atomic E-state index is 13.1. The number of anilines is 2. The van der Waals surface area contributed by atoms with Crippen LogP contribution >= 0.6 is 0 Å². The van der Waals surface area contributed by atoms with Crippen LogP contribution in [0.1, 0.15) is 55.1 Å². The molecule has 11 nitrogen and oxygen atoms in total. The number of nitrogens with one attached hydrogen (secondary N) is 2. The summed E-state index contributed by atoms with van der Waals surface area (Å²) >= 11 is 0. The number of amides is 1. The van der Waals surface area contributed by atoms with E-state index in [9.17, 15) is 23.3 Å². The van der Waals surface area contributed by atoms with Crippen molar-refractivity contribution in [3.63, 3.8) is 0 Å². The molecule has 2 heterocycles. The highest BCUT2D eigenvalue weighted by atomic mass is 32.2. The second-order valence-electron chi connectivity index (χ2n) is 13.6. The Morgan fingerprint density at radius 2 is 1.72 bits per heavy atom. The molecule has 1 amide bonds. The fourth-order valence-electron chi connectivity index (χ4n) is 6.05.